The summed E-state index contributed by atoms with van der Waals surface area (Å²) in [6.07, 6.45) is -0.0445. The van der Waals surface area contributed by atoms with Crippen molar-refractivity contribution in [2.45, 2.75) is 36.0 Å². The van der Waals surface area contributed by atoms with Crippen LogP contribution < -0.4 is 0 Å². The van der Waals surface area contributed by atoms with Crippen molar-refractivity contribution in [2.75, 3.05) is 13.2 Å². The van der Waals surface area contributed by atoms with Gasteiger partial charge in [0.05, 0.1) is 25.6 Å². The average molecular weight is 435 g/mol. The molecule has 4 nitrogen and oxygen atoms in total. The fourth-order valence-corrected chi connectivity index (χ4v) is 4.28. The van der Waals surface area contributed by atoms with Crippen LogP contribution in [0.3, 0.4) is 0 Å². The van der Waals surface area contributed by atoms with Gasteiger partial charge in [0.2, 0.25) is 0 Å². The molecule has 31 heavy (non-hydrogen) atoms. The quantitative estimate of drug-likeness (QED) is 0.381. The summed E-state index contributed by atoms with van der Waals surface area (Å²) in [5, 5.41) is 0. The number of ether oxygens (including phenoxy) is 2. The molecule has 0 aromatic heterocycles. The maximum atomic E-state index is 12.7. The fraction of sp³-hybridized carbons (Fsp3) is 0.231. The van der Waals surface area contributed by atoms with Crippen LogP contribution >= 0.6 is 11.8 Å². The summed E-state index contributed by atoms with van der Waals surface area (Å²) in [6, 6.07) is 26.1. The molecule has 1 unspecified atom stereocenters. The molecule has 0 spiro atoms. The first-order chi connectivity index (χ1) is 15.1. The molecule has 0 bridgehead atoms. The third kappa shape index (κ3) is 6.22. The van der Waals surface area contributed by atoms with Crippen LogP contribution in [0.2, 0.25) is 0 Å². The molecule has 0 fully saturated rings. The van der Waals surface area contributed by atoms with Gasteiger partial charge in [0.25, 0.3) is 0 Å². The molecule has 0 amide bonds. The van der Waals surface area contributed by atoms with Gasteiger partial charge in [-0.05, 0) is 48.7 Å². The van der Waals surface area contributed by atoms with Gasteiger partial charge in [0.15, 0.2) is 0 Å². The first-order valence-electron chi connectivity index (χ1n) is 10.4. The second-order valence-electron chi connectivity index (χ2n) is 6.84. The van der Waals surface area contributed by atoms with Gasteiger partial charge >= 0.3 is 11.9 Å². The molecule has 0 radical (unpaired) electrons. The number of carbonyl (C=O) groups excluding carboxylic acids is 2. The van der Waals surface area contributed by atoms with E-state index in [1.165, 1.54) is 0 Å². The molecular weight excluding hydrogens is 408 g/mol. The normalized spacial score (nSPS) is 11.5. The van der Waals surface area contributed by atoms with Gasteiger partial charge in [0, 0.05) is 9.79 Å². The van der Waals surface area contributed by atoms with Crippen LogP contribution in [-0.2, 0) is 19.1 Å². The van der Waals surface area contributed by atoms with Crippen LogP contribution in [-0.4, -0.2) is 25.2 Å². The van der Waals surface area contributed by atoms with Crippen LogP contribution in [0.5, 0.6) is 0 Å². The Kier molecular flexibility index (Phi) is 8.30. The van der Waals surface area contributed by atoms with Crippen molar-refractivity contribution >= 4 is 23.7 Å². The lowest BCUT2D eigenvalue weighted by atomic mass is 9.95. The van der Waals surface area contributed by atoms with Gasteiger partial charge in [-0.3, -0.25) is 9.59 Å². The van der Waals surface area contributed by atoms with Crippen LogP contribution in [0.4, 0.5) is 0 Å². The monoisotopic (exact) mass is 434 g/mol. The van der Waals surface area contributed by atoms with Crippen LogP contribution in [0.15, 0.2) is 88.7 Å². The first kappa shape index (κ1) is 22.6. The summed E-state index contributed by atoms with van der Waals surface area (Å²) < 4.78 is 10.3. The van der Waals surface area contributed by atoms with Gasteiger partial charge in [-0.1, -0.05) is 72.4 Å². The minimum absolute atomic E-state index is 0.0445. The van der Waals surface area contributed by atoms with E-state index in [4.69, 9.17) is 9.47 Å². The van der Waals surface area contributed by atoms with E-state index in [-0.39, 0.29) is 19.6 Å². The lowest BCUT2D eigenvalue weighted by molar-refractivity contribution is -0.151. The molecule has 0 aliphatic rings. The van der Waals surface area contributed by atoms with Crippen molar-refractivity contribution < 1.29 is 19.1 Å². The summed E-state index contributed by atoms with van der Waals surface area (Å²) in [7, 11) is 0. The minimum Gasteiger partial charge on any atom is -0.466 e. The van der Waals surface area contributed by atoms with E-state index in [9.17, 15) is 9.59 Å². The molecule has 0 aliphatic carbocycles. The molecule has 160 valence electrons. The molecule has 3 rings (SSSR count). The topological polar surface area (TPSA) is 52.6 Å². The molecular formula is C26H26O4S. The minimum atomic E-state index is -0.703. The number of carbonyl (C=O) groups is 2. The van der Waals surface area contributed by atoms with E-state index in [2.05, 4.69) is 36.4 Å². The summed E-state index contributed by atoms with van der Waals surface area (Å²) in [5.74, 6) is -1.53. The van der Waals surface area contributed by atoms with Gasteiger partial charge < -0.3 is 9.47 Å². The van der Waals surface area contributed by atoms with Crippen molar-refractivity contribution in [1.82, 2.24) is 0 Å². The van der Waals surface area contributed by atoms with Gasteiger partial charge in [-0.15, -0.1) is 0 Å². The van der Waals surface area contributed by atoms with E-state index in [0.29, 0.717) is 0 Å². The molecule has 3 aromatic rings. The van der Waals surface area contributed by atoms with Crippen LogP contribution in [0.1, 0.15) is 31.7 Å². The molecule has 3 aromatic carbocycles. The standard InChI is InChI=1S/C26H26O4S/c1-3-29-25(27)18-23(26(28)30-4-2)22-12-8-9-13-24(22)31-21-16-14-20(15-17-21)19-10-6-5-7-11-19/h5-17,23H,3-4,18H2,1-2H3. The lowest BCUT2D eigenvalue weighted by Crippen LogP contribution is -2.21. The van der Waals surface area contributed by atoms with E-state index in [0.717, 1.165) is 26.5 Å². The van der Waals surface area contributed by atoms with Gasteiger partial charge in [0.1, 0.15) is 0 Å². The smallest absolute Gasteiger partial charge is 0.314 e. The predicted molar refractivity (Wildman–Crippen MR) is 123 cm³/mol. The van der Waals surface area contributed by atoms with Crippen LogP contribution in [0.25, 0.3) is 11.1 Å². The summed E-state index contributed by atoms with van der Waals surface area (Å²) >= 11 is 1.56. The largest absolute Gasteiger partial charge is 0.466 e. The Bertz CT molecular complexity index is 999. The van der Waals surface area contributed by atoms with Gasteiger partial charge in [-0.2, -0.15) is 0 Å². The number of hydrogen-bond acceptors (Lipinski definition) is 5. The zero-order valence-electron chi connectivity index (χ0n) is 17.7. The molecule has 1 atom stereocenters. The molecule has 0 saturated heterocycles. The van der Waals surface area contributed by atoms with Crippen molar-refractivity contribution in [3.63, 3.8) is 0 Å². The molecule has 0 aliphatic heterocycles. The summed E-state index contributed by atoms with van der Waals surface area (Å²) in [4.78, 5) is 26.8. The second-order valence-corrected chi connectivity index (χ2v) is 7.96. The Morgan fingerprint density at radius 1 is 0.774 bits per heavy atom. The van der Waals surface area contributed by atoms with E-state index < -0.39 is 17.9 Å². The Morgan fingerprint density at radius 3 is 2.06 bits per heavy atom. The fourth-order valence-electron chi connectivity index (χ4n) is 3.28. The zero-order chi connectivity index (χ0) is 22.1. The molecule has 0 saturated carbocycles. The molecule has 0 heterocycles. The highest BCUT2D eigenvalue weighted by atomic mass is 32.2. The Balaban J connectivity index is 1.85. The Hall–Kier alpha value is -3.05. The second kappa shape index (κ2) is 11.4. The summed E-state index contributed by atoms with van der Waals surface area (Å²) in [5.41, 5.74) is 3.08. The number of rotatable bonds is 9. The van der Waals surface area contributed by atoms with Gasteiger partial charge in [-0.25, -0.2) is 0 Å². The maximum Gasteiger partial charge on any atom is 0.314 e. The van der Waals surface area contributed by atoms with E-state index >= 15 is 0 Å². The average Bonchev–Trinajstić information content (AvgIpc) is 2.79. The van der Waals surface area contributed by atoms with Crippen molar-refractivity contribution in [1.29, 1.82) is 0 Å². The highest BCUT2D eigenvalue weighted by Crippen LogP contribution is 2.36. The predicted octanol–water partition coefficient (Wildman–Crippen LogP) is 6.10. The molecule has 0 N–H and O–H groups in total. The van der Waals surface area contributed by atoms with E-state index in [1.54, 1.807) is 25.6 Å². The Morgan fingerprint density at radius 2 is 1.39 bits per heavy atom. The van der Waals surface area contributed by atoms with Crippen LogP contribution in [0, 0.1) is 0 Å². The number of esters is 2. The zero-order valence-corrected chi connectivity index (χ0v) is 18.6. The van der Waals surface area contributed by atoms with Crippen molar-refractivity contribution in [2.24, 2.45) is 0 Å². The third-order valence-electron chi connectivity index (χ3n) is 4.73. The first-order valence-corrected chi connectivity index (χ1v) is 11.2. The Labute approximate surface area is 187 Å². The number of benzene rings is 3. The third-order valence-corrected chi connectivity index (χ3v) is 5.83. The summed E-state index contributed by atoms with van der Waals surface area (Å²) in [6.45, 7) is 4.04. The van der Waals surface area contributed by atoms with Crippen molar-refractivity contribution in [3.05, 3.63) is 84.4 Å². The highest BCUT2D eigenvalue weighted by molar-refractivity contribution is 7.99. The van der Waals surface area contributed by atoms with E-state index in [1.807, 2.05) is 42.5 Å². The van der Waals surface area contributed by atoms with Crippen molar-refractivity contribution in [3.8, 4) is 11.1 Å². The maximum absolute atomic E-state index is 12.7. The lowest BCUT2D eigenvalue weighted by Gasteiger charge is -2.18. The number of hydrogen-bond donors (Lipinski definition) is 0. The SMILES string of the molecule is CCOC(=O)CC(C(=O)OCC)c1ccccc1Sc1ccc(-c2ccccc2)cc1. The highest BCUT2D eigenvalue weighted by Gasteiger charge is 2.28. The molecule has 5 heteroatoms.